The number of ether oxygens (including phenoxy) is 3. The lowest BCUT2D eigenvalue weighted by Gasteiger charge is -2.21. The first-order chi connectivity index (χ1) is 12.7. The molecule has 0 aliphatic rings. The van der Waals surface area contributed by atoms with Crippen molar-refractivity contribution in [2.75, 3.05) is 26.8 Å². The first-order valence-electron chi connectivity index (χ1n) is 9.29. The molecule has 0 unspecified atom stereocenters. The molecule has 0 heterocycles. The molecule has 6 heteroatoms. The molecule has 0 aliphatic carbocycles. The third-order valence-corrected chi connectivity index (χ3v) is 3.64. The van der Waals surface area contributed by atoms with E-state index in [1.807, 2.05) is 45.0 Å². The highest BCUT2D eigenvalue weighted by atomic mass is 16.6. The summed E-state index contributed by atoms with van der Waals surface area (Å²) in [4.78, 5) is 11.7. The molecule has 0 saturated heterocycles. The summed E-state index contributed by atoms with van der Waals surface area (Å²) in [5.41, 5.74) is 1.56. The van der Waals surface area contributed by atoms with Gasteiger partial charge >= 0.3 is 6.09 Å². The predicted molar refractivity (Wildman–Crippen MR) is 108 cm³/mol. The Kier molecular flexibility index (Phi) is 9.72. The lowest BCUT2D eigenvalue weighted by atomic mass is 10.1. The van der Waals surface area contributed by atoms with Gasteiger partial charge in [0.2, 0.25) is 0 Å². The van der Waals surface area contributed by atoms with Crippen LogP contribution in [0.2, 0.25) is 0 Å². The zero-order valence-electron chi connectivity index (χ0n) is 17.3. The Morgan fingerprint density at radius 2 is 1.85 bits per heavy atom. The van der Waals surface area contributed by atoms with Crippen LogP contribution in [0.1, 0.15) is 39.7 Å². The zero-order valence-corrected chi connectivity index (χ0v) is 17.3. The maximum atomic E-state index is 11.7. The van der Waals surface area contributed by atoms with Gasteiger partial charge in [0.15, 0.2) is 0 Å². The van der Waals surface area contributed by atoms with Crippen molar-refractivity contribution in [1.82, 2.24) is 10.6 Å². The molecule has 1 aromatic carbocycles. The summed E-state index contributed by atoms with van der Waals surface area (Å²) in [6, 6.07) is 7.83. The average molecular weight is 379 g/mol. The summed E-state index contributed by atoms with van der Waals surface area (Å²) in [7, 11) is 1.65. The summed E-state index contributed by atoms with van der Waals surface area (Å²) < 4.78 is 16.0. The zero-order chi connectivity index (χ0) is 20.3. The second-order valence-electron chi connectivity index (χ2n) is 7.62. The summed E-state index contributed by atoms with van der Waals surface area (Å²) in [6.45, 7) is 14.0. The number of carbonyl (C=O) groups excluding carboxylic acids is 1. The number of alkyl carbamates (subject to hydrolysis) is 1. The summed E-state index contributed by atoms with van der Waals surface area (Å²) in [5, 5.41) is 6.04. The number of benzene rings is 1. The van der Waals surface area contributed by atoms with Gasteiger partial charge in [-0.1, -0.05) is 25.6 Å². The van der Waals surface area contributed by atoms with Crippen LogP contribution in [0, 0.1) is 5.92 Å². The van der Waals surface area contributed by atoms with Crippen molar-refractivity contribution in [3.05, 3.63) is 42.1 Å². The van der Waals surface area contributed by atoms with E-state index in [9.17, 15) is 4.79 Å². The van der Waals surface area contributed by atoms with Gasteiger partial charge in [-0.3, -0.25) is 0 Å². The average Bonchev–Trinajstić information content (AvgIpc) is 2.59. The van der Waals surface area contributed by atoms with Gasteiger partial charge in [-0.2, -0.15) is 0 Å². The van der Waals surface area contributed by atoms with Crippen LogP contribution < -0.4 is 15.4 Å². The van der Waals surface area contributed by atoms with Gasteiger partial charge in [0.1, 0.15) is 11.4 Å². The largest absolute Gasteiger partial charge is 0.497 e. The van der Waals surface area contributed by atoms with Crippen molar-refractivity contribution in [1.29, 1.82) is 0 Å². The minimum absolute atomic E-state index is 0.262. The van der Waals surface area contributed by atoms with Crippen molar-refractivity contribution >= 4 is 6.09 Å². The van der Waals surface area contributed by atoms with Gasteiger partial charge in [0.05, 0.1) is 20.3 Å². The highest BCUT2D eigenvalue weighted by molar-refractivity contribution is 5.67. The van der Waals surface area contributed by atoms with Crippen LogP contribution in [0.4, 0.5) is 4.79 Å². The smallest absolute Gasteiger partial charge is 0.407 e. The molecule has 0 fully saturated rings. The fraction of sp³-hybridized carbons (Fsp3) is 0.571. The van der Waals surface area contributed by atoms with Gasteiger partial charge in [-0.05, 0) is 50.8 Å². The topological polar surface area (TPSA) is 68.8 Å². The molecule has 0 aromatic heterocycles. The van der Waals surface area contributed by atoms with Gasteiger partial charge in [-0.25, -0.2) is 4.79 Å². The molecule has 6 nitrogen and oxygen atoms in total. The third-order valence-electron chi connectivity index (χ3n) is 3.64. The standard InChI is InChI=1S/C21H34N2O4/c1-16(14-23-20(24)27-21(3,4)5)13-17(2)22-11-12-26-15-18-7-9-19(25-6)10-8-18/h7-10,16,22H,2,11-15H2,1,3-6H3,(H,23,24)/t16-/m1/s1. The van der Waals surface area contributed by atoms with E-state index in [4.69, 9.17) is 14.2 Å². The van der Waals surface area contributed by atoms with Crippen LogP contribution in [-0.4, -0.2) is 38.5 Å². The van der Waals surface area contributed by atoms with Crippen LogP contribution in [0.25, 0.3) is 0 Å². The van der Waals surface area contributed by atoms with E-state index in [1.54, 1.807) is 7.11 Å². The third kappa shape index (κ3) is 11.2. The van der Waals surface area contributed by atoms with Crippen LogP contribution >= 0.6 is 0 Å². The molecule has 1 amide bonds. The van der Waals surface area contributed by atoms with Gasteiger partial charge < -0.3 is 24.8 Å². The Morgan fingerprint density at radius 1 is 1.19 bits per heavy atom. The maximum Gasteiger partial charge on any atom is 0.407 e. The summed E-state index contributed by atoms with van der Waals surface area (Å²) >= 11 is 0. The summed E-state index contributed by atoms with van der Waals surface area (Å²) in [5.74, 6) is 1.10. The SMILES string of the molecule is C=C(C[C@@H](C)CNC(=O)OC(C)(C)C)NCCOCc1ccc(OC)cc1. The fourth-order valence-electron chi connectivity index (χ4n) is 2.35. The normalized spacial score (nSPS) is 12.2. The number of methoxy groups -OCH3 is 1. The molecular formula is C21H34N2O4. The second-order valence-corrected chi connectivity index (χ2v) is 7.62. The molecular weight excluding hydrogens is 344 g/mol. The Hall–Kier alpha value is -2.21. The van der Waals surface area contributed by atoms with Gasteiger partial charge in [-0.15, -0.1) is 0 Å². The molecule has 27 heavy (non-hydrogen) atoms. The van der Waals surface area contributed by atoms with Crippen LogP contribution in [0.3, 0.4) is 0 Å². The lowest BCUT2D eigenvalue weighted by Crippen LogP contribution is -2.35. The second kappa shape index (κ2) is 11.5. The molecule has 1 aromatic rings. The van der Waals surface area contributed by atoms with Crippen molar-refractivity contribution in [2.24, 2.45) is 5.92 Å². The Balaban J connectivity index is 2.11. The number of allylic oxidation sites excluding steroid dienone is 1. The molecule has 152 valence electrons. The maximum absolute atomic E-state index is 11.7. The molecule has 2 N–H and O–H groups in total. The number of nitrogens with one attached hydrogen (secondary N) is 2. The van der Waals surface area contributed by atoms with Crippen LogP contribution in [0.15, 0.2) is 36.5 Å². The lowest BCUT2D eigenvalue weighted by molar-refractivity contribution is 0.0520. The van der Waals surface area contributed by atoms with Crippen molar-refractivity contribution in [3.63, 3.8) is 0 Å². The molecule has 0 saturated carbocycles. The molecule has 0 aliphatic heterocycles. The monoisotopic (exact) mass is 378 g/mol. The molecule has 1 atom stereocenters. The van der Waals surface area contributed by atoms with E-state index < -0.39 is 5.60 Å². The van der Waals surface area contributed by atoms with E-state index in [0.717, 1.165) is 23.4 Å². The quantitative estimate of drug-likeness (QED) is 0.572. The van der Waals surface area contributed by atoms with Crippen molar-refractivity contribution in [2.45, 2.75) is 46.3 Å². The minimum atomic E-state index is -0.482. The number of hydrogen-bond acceptors (Lipinski definition) is 5. The number of rotatable bonds is 11. The molecule has 0 radical (unpaired) electrons. The molecule has 0 spiro atoms. The van der Waals surface area contributed by atoms with E-state index >= 15 is 0 Å². The van der Waals surface area contributed by atoms with E-state index in [1.165, 1.54) is 0 Å². The highest BCUT2D eigenvalue weighted by Gasteiger charge is 2.16. The highest BCUT2D eigenvalue weighted by Crippen LogP contribution is 2.12. The van der Waals surface area contributed by atoms with E-state index in [2.05, 4.69) is 24.1 Å². The number of carbonyl (C=O) groups is 1. The first-order valence-corrected chi connectivity index (χ1v) is 9.29. The minimum Gasteiger partial charge on any atom is -0.497 e. The number of amides is 1. The van der Waals surface area contributed by atoms with Crippen molar-refractivity contribution < 1.29 is 19.0 Å². The van der Waals surface area contributed by atoms with Crippen LogP contribution in [-0.2, 0) is 16.1 Å². The molecule has 0 bridgehead atoms. The van der Waals surface area contributed by atoms with E-state index in [0.29, 0.717) is 26.3 Å². The Bertz CT molecular complexity index is 579. The van der Waals surface area contributed by atoms with E-state index in [-0.39, 0.29) is 12.0 Å². The summed E-state index contributed by atoms with van der Waals surface area (Å²) in [6.07, 6.45) is 0.383. The van der Waals surface area contributed by atoms with Crippen LogP contribution in [0.5, 0.6) is 5.75 Å². The predicted octanol–water partition coefficient (Wildman–Crippen LogP) is 3.87. The first kappa shape index (κ1) is 22.8. The molecule has 1 rings (SSSR count). The Labute approximate surface area is 163 Å². The Morgan fingerprint density at radius 3 is 2.44 bits per heavy atom. The van der Waals surface area contributed by atoms with Gasteiger partial charge in [0.25, 0.3) is 0 Å². The fourth-order valence-corrected chi connectivity index (χ4v) is 2.35. The van der Waals surface area contributed by atoms with Crippen molar-refractivity contribution in [3.8, 4) is 5.75 Å². The number of hydrogen-bond donors (Lipinski definition) is 2. The van der Waals surface area contributed by atoms with Gasteiger partial charge in [0, 0.05) is 18.8 Å².